The van der Waals surface area contributed by atoms with Crippen molar-refractivity contribution in [2.24, 2.45) is 0 Å². The van der Waals surface area contributed by atoms with E-state index < -0.39 is 25.1 Å². The van der Waals surface area contributed by atoms with Crippen molar-refractivity contribution in [2.75, 3.05) is 0 Å². The lowest BCUT2D eigenvalue weighted by Crippen LogP contribution is -2.21. The molecule has 3 fully saturated rings. The zero-order valence-corrected chi connectivity index (χ0v) is 23.7. The van der Waals surface area contributed by atoms with E-state index >= 15 is 0 Å². The van der Waals surface area contributed by atoms with E-state index in [2.05, 4.69) is 12.1 Å². The Morgan fingerprint density at radius 1 is 0.605 bits per heavy atom. The van der Waals surface area contributed by atoms with Gasteiger partial charge in [0.1, 0.15) is 20.8 Å². The van der Waals surface area contributed by atoms with Gasteiger partial charge in [-0.2, -0.15) is 8.42 Å². The van der Waals surface area contributed by atoms with Crippen molar-refractivity contribution >= 4 is 20.2 Å². The molecule has 208 valence electrons. The van der Waals surface area contributed by atoms with E-state index in [1.165, 1.54) is 49.8 Å². The van der Waals surface area contributed by atoms with Crippen LogP contribution in [-0.2, 0) is 20.2 Å². The van der Waals surface area contributed by atoms with E-state index in [0.29, 0.717) is 10.8 Å². The van der Waals surface area contributed by atoms with Gasteiger partial charge in [0.25, 0.3) is 0 Å². The van der Waals surface area contributed by atoms with Crippen molar-refractivity contribution in [3.63, 3.8) is 0 Å². The maximum atomic E-state index is 14.1. The summed E-state index contributed by atoms with van der Waals surface area (Å²) in [5.74, 6) is 0.873. The van der Waals surface area contributed by atoms with Gasteiger partial charge < -0.3 is 8.74 Å². The molecule has 0 radical (unpaired) electrons. The summed E-state index contributed by atoms with van der Waals surface area (Å²) in [5.41, 5.74) is 3.15. The molecule has 0 atom stereocenters. The lowest BCUT2D eigenvalue weighted by Gasteiger charge is -2.32. The Balaban J connectivity index is 1.62. The lowest BCUT2D eigenvalue weighted by molar-refractivity contribution is 0.414. The van der Waals surface area contributed by atoms with E-state index in [1.54, 1.807) is 0 Å². The van der Waals surface area contributed by atoms with Crippen molar-refractivity contribution in [3.8, 4) is 5.75 Å². The van der Waals surface area contributed by atoms with Crippen molar-refractivity contribution in [1.82, 2.24) is 0 Å². The first-order valence-corrected chi connectivity index (χ1v) is 17.2. The molecule has 0 bridgehead atoms. The second kappa shape index (κ2) is 11.7. The van der Waals surface area contributed by atoms with Crippen LogP contribution in [0.15, 0.2) is 46.2 Å². The van der Waals surface area contributed by atoms with E-state index in [0.717, 1.165) is 87.5 Å². The molecule has 0 amide bonds. The van der Waals surface area contributed by atoms with Gasteiger partial charge in [-0.1, -0.05) is 69.9 Å². The van der Waals surface area contributed by atoms with E-state index in [4.69, 9.17) is 4.18 Å². The lowest BCUT2D eigenvalue weighted by atomic mass is 9.76. The van der Waals surface area contributed by atoms with Crippen molar-refractivity contribution in [2.45, 2.75) is 124 Å². The van der Waals surface area contributed by atoms with Crippen molar-refractivity contribution in [1.29, 1.82) is 0 Å². The third-order valence-electron chi connectivity index (χ3n) is 8.90. The predicted octanol–water partition coefficient (Wildman–Crippen LogP) is 7.50. The summed E-state index contributed by atoms with van der Waals surface area (Å²) < 4.78 is 67.9. The zero-order chi connectivity index (χ0) is 26.8. The fraction of sp³-hybridized carbons (Fsp3) is 0.600. The molecular formula is C30H39O6S2-. The molecule has 0 heterocycles. The zero-order valence-electron chi connectivity index (χ0n) is 22.1. The predicted molar refractivity (Wildman–Crippen MR) is 146 cm³/mol. The van der Waals surface area contributed by atoms with Gasteiger partial charge in [-0.25, -0.2) is 8.42 Å². The van der Waals surface area contributed by atoms with Crippen LogP contribution in [0.5, 0.6) is 5.75 Å². The molecule has 8 heteroatoms. The quantitative estimate of drug-likeness (QED) is 0.257. The molecule has 3 saturated carbocycles. The average Bonchev–Trinajstić information content (AvgIpc) is 2.93. The topological polar surface area (TPSA) is 101 Å². The molecule has 0 unspecified atom stereocenters. The molecule has 6 nitrogen and oxygen atoms in total. The molecule has 2 aromatic rings. The summed E-state index contributed by atoms with van der Waals surface area (Å²) in [6.07, 6.45) is 16.7. The number of hydrogen-bond donors (Lipinski definition) is 0. The van der Waals surface area contributed by atoms with Gasteiger partial charge >= 0.3 is 10.1 Å². The maximum absolute atomic E-state index is 14.1. The van der Waals surface area contributed by atoms with Gasteiger partial charge in [0.05, 0.1) is 4.90 Å². The number of benzene rings is 2. The SMILES string of the molecule is O=S(=O)([O-])c1ccc(OS(=O)(=O)c2c(C3CCCCC3)cc(C3CCCCC3)cc2C2CCCCC2)cc1. The van der Waals surface area contributed by atoms with Gasteiger partial charge in [0, 0.05) is 0 Å². The first-order chi connectivity index (χ1) is 18.2. The molecule has 0 spiro atoms. The van der Waals surface area contributed by atoms with Crippen LogP contribution < -0.4 is 4.18 Å². The van der Waals surface area contributed by atoms with E-state index in [1.807, 2.05) is 0 Å². The number of rotatable bonds is 7. The Kier molecular flexibility index (Phi) is 8.51. The Morgan fingerprint density at radius 2 is 1.03 bits per heavy atom. The molecule has 3 aliphatic rings. The van der Waals surface area contributed by atoms with E-state index in [-0.39, 0.29) is 17.6 Å². The molecule has 3 aliphatic carbocycles. The fourth-order valence-corrected chi connectivity index (χ4v) is 8.87. The third-order valence-corrected chi connectivity index (χ3v) is 11.1. The third kappa shape index (κ3) is 6.28. The minimum atomic E-state index is -4.63. The molecule has 2 aromatic carbocycles. The smallest absolute Gasteiger partial charge is 0.339 e. The van der Waals surface area contributed by atoms with Crippen LogP contribution in [0.3, 0.4) is 0 Å². The molecule has 5 rings (SSSR count). The molecule has 0 saturated heterocycles. The van der Waals surface area contributed by atoms with Crippen molar-refractivity contribution in [3.05, 3.63) is 53.1 Å². The van der Waals surface area contributed by atoms with Crippen LogP contribution in [0.2, 0.25) is 0 Å². The van der Waals surface area contributed by atoms with Crippen LogP contribution >= 0.6 is 0 Å². The fourth-order valence-electron chi connectivity index (χ4n) is 6.92. The normalized spacial score (nSPS) is 20.9. The molecule has 0 N–H and O–H groups in total. The summed E-state index contributed by atoms with van der Waals surface area (Å²) in [5, 5.41) is 0. The van der Waals surface area contributed by atoms with Crippen LogP contribution in [0.4, 0.5) is 0 Å². The molecule has 0 aromatic heterocycles. The molecule has 38 heavy (non-hydrogen) atoms. The van der Waals surface area contributed by atoms with Gasteiger partial charge in [-0.3, -0.25) is 0 Å². The Morgan fingerprint density at radius 3 is 1.45 bits per heavy atom. The largest absolute Gasteiger partial charge is 0.744 e. The van der Waals surface area contributed by atoms with Crippen LogP contribution in [0.25, 0.3) is 0 Å². The maximum Gasteiger partial charge on any atom is 0.339 e. The van der Waals surface area contributed by atoms with Crippen LogP contribution in [0, 0.1) is 0 Å². The Labute approximate surface area is 228 Å². The van der Waals surface area contributed by atoms with Crippen LogP contribution in [0.1, 0.15) is 131 Å². The van der Waals surface area contributed by atoms with Gasteiger partial charge in [0.2, 0.25) is 0 Å². The average molecular weight is 560 g/mol. The van der Waals surface area contributed by atoms with Crippen LogP contribution in [-0.4, -0.2) is 21.4 Å². The second-order valence-corrected chi connectivity index (χ2v) is 14.4. The summed E-state index contributed by atoms with van der Waals surface area (Å²) in [6, 6.07) is 9.09. The first-order valence-electron chi connectivity index (χ1n) is 14.4. The monoisotopic (exact) mass is 559 g/mol. The summed E-state index contributed by atoms with van der Waals surface area (Å²) in [4.78, 5) is -0.0683. The Hall–Kier alpha value is -1.90. The highest BCUT2D eigenvalue weighted by Gasteiger charge is 2.34. The molecule has 0 aliphatic heterocycles. The number of hydrogen-bond acceptors (Lipinski definition) is 6. The van der Waals surface area contributed by atoms with Gasteiger partial charge in [-0.15, -0.1) is 0 Å². The second-order valence-electron chi connectivity index (χ2n) is 11.5. The van der Waals surface area contributed by atoms with Crippen molar-refractivity contribution < 1.29 is 25.6 Å². The summed E-state index contributed by atoms with van der Waals surface area (Å²) >= 11 is 0. The highest BCUT2D eigenvalue weighted by Crippen LogP contribution is 2.46. The highest BCUT2D eigenvalue weighted by molar-refractivity contribution is 7.87. The van der Waals surface area contributed by atoms with Gasteiger partial charge in [-0.05, 0) is 97.2 Å². The first kappa shape index (κ1) is 27.7. The highest BCUT2D eigenvalue weighted by atomic mass is 32.2. The van der Waals surface area contributed by atoms with Gasteiger partial charge in [0.15, 0.2) is 0 Å². The van der Waals surface area contributed by atoms with E-state index in [9.17, 15) is 21.4 Å². The minimum Gasteiger partial charge on any atom is -0.744 e. The molecular weight excluding hydrogens is 520 g/mol. The Bertz CT molecular complexity index is 1270. The standard InChI is InChI=1S/C30H40O6S2/c31-37(32,33)27-18-16-26(17-19-27)36-38(34,35)30-28(23-12-6-2-7-13-23)20-25(22-10-4-1-5-11-22)21-29(30)24-14-8-3-9-15-24/h16-24H,1-15H2,(H,31,32,33)/p-1. The minimum absolute atomic E-state index is 0.0120. The summed E-state index contributed by atoms with van der Waals surface area (Å²) in [6.45, 7) is 0. The summed E-state index contributed by atoms with van der Waals surface area (Å²) in [7, 11) is -8.83.